The maximum Gasteiger partial charge on any atom is 0.187 e. The first kappa shape index (κ1) is 9.35. The molecule has 1 aromatic heterocycles. The van der Waals surface area contributed by atoms with E-state index in [1.807, 2.05) is 0 Å². The minimum absolute atomic E-state index is 0.740. The van der Waals surface area contributed by atoms with Gasteiger partial charge < -0.3 is 9.47 Å². The van der Waals surface area contributed by atoms with E-state index in [2.05, 4.69) is 31.9 Å². The number of halogens is 2. The molecule has 62 valence electrons. The van der Waals surface area contributed by atoms with Gasteiger partial charge in [0.15, 0.2) is 11.5 Å². The predicted octanol–water partition coefficient (Wildman–Crippen LogP) is 3.29. The highest BCUT2D eigenvalue weighted by atomic mass is 79.9. The minimum Gasteiger partial charge on any atom is -0.491 e. The van der Waals surface area contributed by atoms with Crippen LogP contribution in [-0.4, -0.2) is 14.2 Å². The van der Waals surface area contributed by atoms with Gasteiger partial charge >= 0.3 is 0 Å². The van der Waals surface area contributed by atoms with E-state index in [4.69, 9.17) is 9.47 Å². The van der Waals surface area contributed by atoms with E-state index in [-0.39, 0.29) is 0 Å². The number of methoxy groups -OCH3 is 2. The number of ether oxygens (including phenoxy) is 2. The zero-order valence-corrected chi connectivity index (χ0v) is 9.97. The van der Waals surface area contributed by atoms with Crippen molar-refractivity contribution in [3.63, 3.8) is 0 Å². The van der Waals surface area contributed by atoms with Crippen LogP contribution in [0.25, 0.3) is 0 Å². The molecule has 5 heteroatoms. The lowest BCUT2D eigenvalue weighted by molar-refractivity contribution is 0.355. The van der Waals surface area contributed by atoms with Crippen LogP contribution >= 0.6 is 43.2 Å². The van der Waals surface area contributed by atoms with E-state index < -0.39 is 0 Å². The van der Waals surface area contributed by atoms with Crippen LogP contribution in [0, 0.1) is 0 Å². The summed E-state index contributed by atoms with van der Waals surface area (Å²) in [5.41, 5.74) is 0. The molecule has 1 heterocycles. The Labute approximate surface area is 85.8 Å². The van der Waals surface area contributed by atoms with Gasteiger partial charge in [0.1, 0.15) is 7.57 Å². The highest BCUT2D eigenvalue weighted by Gasteiger charge is 2.15. The van der Waals surface area contributed by atoms with Gasteiger partial charge in [-0.3, -0.25) is 0 Å². The maximum atomic E-state index is 5.10. The SMILES string of the molecule is COc1c(Br)sc(Br)c1OC. The molecule has 0 N–H and O–H groups in total. The molecule has 11 heavy (non-hydrogen) atoms. The molecular weight excluding hydrogens is 296 g/mol. The molecule has 0 aliphatic rings. The van der Waals surface area contributed by atoms with Crippen molar-refractivity contribution in [3.8, 4) is 11.5 Å². The first-order chi connectivity index (χ1) is 5.20. The molecule has 0 saturated carbocycles. The minimum atomic E-state index is 0.740. The molecule has 0 saturated heterocycles. The van der Waals surface area contributed by atoms with E-state index in [1.54, 1.807) is 14.2 Å². The molecule has 0 bridgehead atoms. The van der Waals surface area contributed by atoms with Crippen molar-refractivity contribution < 1.29 is 9.47 Å². The summed E-state index contributed by atoms with van der Waals surface area (Å²) in [6.45, 7) is 0. The lowest BCUT2D eigenvalue weighted by atomic mass is 10.5. The van der Waals surface area contributed by atoms with E-state index in [1.165, 1.54) is 11.3 Å². The van der Waals surface area contributed by atoms with E-state index in [0.717, 1.165) is 19.1 Å². The second kappa shape index (κ2) is 3.78. The summed E-state index contributed by atoms with van der Waals surface area (Å²) >= 11 is 8.23. The highest BCUT2D eigenvalue weighted by molar-refractivity contribution is 9.12. The van der Waals surface area contributed by atoms with Gasteiger partial charge in [-0.1, -0.05) is 0 Å². The van der Waals surface area contributed by atoms with Crippen molar-refractivity contribution in [2.24, 2.45) is 0 Å². The van der Waals surface area contributed by atoms with E-state index >= 15 is 0 Å². The van der Waals surface area contributed by atoms with Crippen LogP contribution in [0.4, 0.5) is 0 Å². The maximum absolute atomic E-state index is 5.10. The molecule has 1 rings (SSSR count). The van der Waals surface area contributed by atoms with Gasteiger partial charge in [-0.25, -0.2) is 0 Å². The highest BCUT2D eigenvalue weighted by Crippen LogP contribution is 2.48. The smallest absolute Gasteiger partial charge is 0.187 e. The Morgan fingerprint density at radius 1 is 1.00 bits per heavy atom. The van der Waals surface area contributed by atoms with Gasteiger partial charge in [-0.15, -0.1) is 11.3 Å². The molecule has 0 aliphatic carbocycles. The van der Waals surface area contributed by atoms with Gasteiger partial charge in [0.25, 0.3) is 0 Å². The van der Waals surface area contributed by atoms with Crippen LogP contribution in [0.3, 0.4) is 0 Å². The predicted molar refractivity (Wildman–Crippen MR) is 52.8 cm³/mol. The molecule has 0 atom stereocenters. The van der Waals surface area contributed by atoms with Gasteiger partial charge in [-0.2, -0.15) is 0 Å². The second-order valence-corrected chi connectivity index (χ2v) is 5.37. The Hall–Kier alpha value is 0.260. The molecule has 0 aliphatic heterocycles. The van der Waals surface area contributed by atoms with Crippen molar-refractivity contribution >= 4 is 43.2 Å². The number of thiophene rings is 1. The van der Waals surface area contributed by atoms with Gasteiger partial charge in [-0.05, 0) is 31.9 Å². The fraction of sp³-hybridized carbons (Fsp3) is 0.333. The van der Waals surface area contributed by atoms with Crippen LogP contribution in [0.1, 0.15) is 0 Å². The summed E-state index contributed by atoms with van der Waals surface area (Å²) in [5, 5.41) is 0. The lowest BCUT2D eigenvalue weighted by Crippen LogP contribution is -1.86. The monoisotopic (exact) mass is 300 g/mol. The quantitative estimate of drug-likeness (QED) is 0.834. The normalized spacial score (nSPS) is 9.82. The average Bonchev–Trinajstić information content (AvgIpc) is 2.24. The third kappa shape index (κ3) is 1.71. The van der Waals surface area contributed by atoms with Crippen LogP contribution in [0.5, 0.6) is 11.5 Å². The topological polar surface area (TPSA) is 18.5 Å². The van der Waals surface area contributed by atoms with E-state index in [0.29, 0.717) is 0 Å². The van der Waals surface area contributed by atoms with Crippen molar-refractivity contribution in [1.29, 1.82) is 0 Å². The van der Waals surface area contributed by atoms with Crippen molar-refractivity contribution in [3.05, 3.63) is 7.57 Å². The molecule has 0 spiro atoms. The Morgan fingerprint density at radius 2 is 1.36 bits per heavy atom. The van der Waals surface area contributed by atoms with Crippen LogP contribution in [0.2, 0.25) is 0 Å². The molecule has 1 aromatic rings. The Balaban J connectivity index is 3.17. The molecule has 0 amide bonds. The zero-order valence-electron chi connectivity index (χ0n) is 5.98. The Morgan fingerprint density at radius 3 is 1.64 bits per heavy atom. The second-order valence-electron chi connectivity index (χ2n) is 1.72. The summed E-state index contributed by atoms with van der Waals surface area (Å²) in [6.07, 6.45) is 0. The summed E-state index contributed by atoms with van der Waals surface area (Å²) in [7, 11) is 3.23. The molecular formula is C6H6Br2O2S. The Kier molecular flexibility index (Phi) is 3.21. The van der Waals surface area contributed by atoms with Crippen LogP contribution in [-0.2, 0) is 0 Å². The van der Waals surface area contributed by atoms with Gasteiger partial charge in [0.2, 0.25) is 0 Å². The van der Waals surface area contributed by atoms with Crippen molar-refractivity contribution in [1.82, 2.24) is 0 Å². The van der Waals surface area contributed by atoms with Gasteiger partial charge in [0, 0.05) is 0 Å². The first-order valence-electron chi connectivity index (χ1n) is 2.76. The van der Waals surface area contributed by atoms with Crippen molar-refractivity contribution in [2.45, 2.75) is 0 Å². The Bertz CT molecular complexity index is 235. The third-order valence-corrected chi connectivity index (χ3v) is 3.57. The average molecular weight is 302 g/mol. The third-order valence-electron chi connectivity index (χ3n) is 1.15. The molecule has 0 fully saturated rings. The van der Waals surface area contributed by atoms with Gasteiger partial charge in [0.05, 0.1) is 14.2 Å². The standard InChI is InChI=1S/C6H6Br2O2S/c1-9-3-4(10-2)6(8)11-5(3)7/h1-2H3. The largest absolute Gasteiger partial charge is 0.491 e. The fourth-order valence-corrected chi connectivity index (χ4v) is 3.70. The van der Waals surface area contributed by atoms with Crippen molar-refractivity contribution in [2.75, 3.05) is 14.2 Å². The number of rotatable bonds is 2. The summed E-state index contributed by atoms with van der Waals surface area (Å²) in [6, 6.07) is 0. The van der Waals surface area contributed by atoms with Crippen LogP contribution in [0.15, 0.2) is 7.57 Å². The zero-order chi connectivity index (χ0) is 8.43. The summed E-state index contributed by atoms with van der Waals surface area (Å²) in [4.78, 5) is 0. The fourth-order valence-electron chi connectivity index (χ4n) is 0.696. The molecule has 0 unspecified atom stereocenters. The molecule has 0 aromatic carbocycles. The molecule has 2 nitrogen and oxygen atoms in total. The first-order valence-corrected chi connectivity index (χ1v) is 5.16. The number of hydrogen-bond acceptors (Lipinski definition) is 3. The number of hydrogen-bond donors (Lipinski definition) is 0. The summed E-state index contributed by atoms with van der Waals surface area (Å²) in [5.74, 6) is 1.48. The van der Waals surface area contributed by atoms with Crippen LogP contribution < -0.4 is 9.47 Å². The lowest BCUT2D eigenvalue weighted by Gasteiger charge is -2.01. The van der Waals surface area contributed by atoms with E-state index in [9.17, 15) is 0 Å². The molecule has 0 radical (unpaired) electrons. The summed E-state index contributed by atoms with van der Waals surface area (Å²) < 4.78 is 12.1.